The zero-order valence-corrected chi connectivity index (χ0v) is 19.1. The van der Waals surface area contributed by atoms with Gasteiger partial charge in [-0.2, -0.15) is 4.31 Å². The molecule has 34 heavy (non-hydrogen) atoms. The zero-order valence-electron chi connectivity index (χ0n) is 18.3. The molecular weight excluding hydrogens is 455 g/mol. The lowest BCUT2D eigenvalue weighted by molar-refractivity contribution is -0.121. The van der Waals surface area contributed by atoms with Gasteiger partial charge in [-0.3, -0.25) is 14.7 Å². The number of hydrogen-bond donors (Lipinski definition) is 1. The molecule has 0 unspecified atom stereocenters. The van der Waals surface area contributed by atoms with E-state index in [0.29, 0.717) is 18.8 Å². The number of amides is 1. The first kappa shape index (κ1) is 22.2. The molecule has 0 bridgehead atoms. The summed E-state index contributed by atoms with van der Waals surface area (Å²) in [5.41, 5.74) is 2.50. The van der Waals surface area contributed by atoms with Crippen LogP contribution in [0, 0.1) is 11.7 Å². The van der Waals surface area contributed by atoms with Crippen molar-refractivity contribution in [2.24, 2.45) is 5.92 Å². The van der Waals surface area contributed by atoms with E-state index in [1.807, 2.05) is 59.2 Å². The quantitative estimate of drug-likeness (QED) is 0.466. The van der Waals surface area contributed by atoms with Gasteiger partial charge in [-0.25, -0.2) is 17.8 Å². The summed E-state index contributed by atoms with van der Waals surface area (Å²) in [6, 6.07) is 22.6. The minimum absolute atomic E-state index is 0.143. The van der Waals surface area contributed by atoms with Crippen LogP contribution >= 0.6 is 0 Å². The zero-order chi connectivity index (χ0) is 23.7. The number of rotatable bonds is 5. The SMILES string of the molecule is O=C(Nc1nc2ccccc2n1-c1ccccc1)C1CCN(S(=O)(=O)c2ccccc2F)CC1. The van der Waals surface area contributed by atoms with Crippen molar-refractivity contribution in [3.8, 4) is 5.69 Å². The maximum Gasteiger partial charge on any atom is 0.245 e. The third kappa shape index (κ3) is 4.08. The molecule has 4 aromatic rings. The molecule has 5 rings (SSSR count). The van der Waals surface area contributed by atoms with Gasteiger partial charge in [-0.05, 0) is 49.2 Å². The highest BCUT2D eigenvalue weighted by atomic mass is 32.2. The molecule has 0 radical (unpaired) electrons. The lowest BCUT2D eigenvalue weighted by atomic mass is 9.97. The molecule has 1 aliphatic rings. The number of anilines is 1. The fraction of sp³-hybridized carbons (Fsp3) is 0.200. The molecule has 7 nitrogen and oxygen atoms in total. The lowest BCUT2D eigenvalue weighted by Gasteiger charge is -2.30. The fourth-order valence-electron chi connectivity index (χ4n) is 4.31. The highest BCUT2D eigenvalue weighted by Crippen LogP contribution is 2.28. The molecule has 1 aromatic heterocycles. The summed E-state index contributed by atoms with van der Waals surface area (Å²) in [6.45, 7) is 0.285. The predicted molar refractivity (Wildman–Crippen MR) is 128 cm³/mol. The van der Waals surface area contributed by atoms with Crippen molar-refractivity contribution in [3.05, 3.63) is 84.7 Å². The monoisotopic (exact) mass is 478 g/mol. The Morgan fingerprint density at radius 1 is 0.912 bits per heavy atom. The van der Waals surface area contributed by atoms with Crippen molar-refractivity contribution < 1.29 is 17.6 Å². The number of nitrogens with zero attached hydrogens (tertiary/aromatic N) is 3. The van der Waals surface area contributed by atoms with Crippen LogP contribution in [0.4, 0.5) is 10.3 Å². The van der Waals surface area contributed by atoms with E-state index in [0.717, 1.165) is 22.8 Å². The van der Waals surface area contributed by atoms with E-state index in [2.05, 4.69) is 10.3 Å². The second kappa shape index (κ2) is 9.00. The average Bonchev–Trinajstić information content (AvgIpc) is 3.22. The van der Waals surface area contributed by atoms with Crippen LogP contribution in [-0.2, 0) is 14.8 Å². The van der Waals surface area contributed by atoms with Gasteiger partial charge in [0.1, 0.15) is 10.7 Å². The third-order valence-electron chi connectivity index (χ3n) is 6.09. The number of carbonyl (C=O) groups is 1. The van der Waals surface area contributed by atoms with Crippen molar-refractivity contribution in [1.29, 1.82) is 0 Å². The summed E-state index contributed by atoms with van der Waals surface area (Å²) in [5.74, 6) is -0.951. The summed E-state index contributed by atoms with van der Waals surface area (Å²) < 4.78 is 42.9. The molecule has 174 valence electrons. The van der Waals surface area contributed by atoms with Crippen LogP contribution in [0.3, 0.4) is 0 Å². The van der Waals surface area contributed by atoms with Gasteiger partial charge in [-0.1, -0.05) is 42.5 Å². The molecule has 3 aromatic carbocycles. The van der Waals surface area contributed by atoms with Gasteiger partial charge in [-0.15, -0.1) is 0 Å². The van der Waals surface area contributed by atoms with Crippen LogP contribution in [0.1, 0.15) is 12.8 Å². The maximum atomic E-state index is 14.1. The Kier molecular flexibility index (Phi) is 5.89. The number of fused-ring (bicyclic) bond motifs is 1. The second-order valence-electron chi connectivity index (χ2n) is 8.19. The van der Waals surface area contributed by atoms with E-state index in [-0.39, 0.29) is 29.8 Å². The summed E-state index contributed by atoms with van der Waals surface area (Å²) in [4.78, 5) is 17.4. The van der Waals surface area contributed by atoms with Gasteiger partial charge >= 0.3 is 0 Å². The largest absolute Gasteiger partial charge is 0.295 e. The second-order valence-corrected chi connectivity index (χ2v) is 10.1. The van der Waals surface area contributed by atoms with Gasteiger partial charge < -0.3 is 0 Å². The maximum absolute atomic E-state index is 14.1. The molecule has 1 N–H and O–H groups in total. The molecule has 9 heteroatoms. The normalized spacial score (nSPS) is 15.4. The average molecular weight is 479 g/mol. The number of imidazole rings is 1. The van der Waals surface area contributed by atoms with Crippen molar-refractivity contribution in [2.75, 3.05) is 18.4 Å². The van der Waals surface area contributed by atoms with Gasteiger partial charge in [0, 0.05) is 24.7 Å². The van der Waals surface area contributed by atoms with E-state index in [1.165, 1.54) is 22.5 Å². The highest BCUT2D eigenvalue weighted by Gasteiger charge is 2.33. The molecule has 1 aliphatic heterocycles. The number of para-hydroxylation sites is 3. The topological polar surface area (TPSA) is 84.3 Å². The van der Waals surface area contributed by atoms with Crippen LogP contribution in [-0.4, -0.2) is 41.3 Å². The molecule has 1 saturated heterocycles. The number of nitrogens with one attached hydrogen (secondary N) is 1. The summed E-state index contributed by atoms with van der Waals surface area (Å²) >= 11 is 0. The standard InChI is InChI=1S/C25H23FN4O3S/c26-20-10-4-7-13-23(20)34(32,33)29-16-14-18(15-17-29)24(31)28-25-27-21-11-5-6-12-22(21)30(25)19-8-2-1-3-9-19/h1-13,18H,14-17H2,(H,27,28,31). The molecule has 0 atom stereocenters. The van der Waals surface area contributed by atoms with E-state index in [1.54, 1.807) is 0 Å². The van der Waals surface area contributed by atoms with Gasteiger partial charge in [0.25, 0.3) is 0 Å². The number of hydrogen-bond acceptors (Lipinski definition) is 4. The lowest BCUT2D eigenvalue weighted by Crippen LogP contribution is -2.41. The summed E-state index contributed by atoms with van der Waals surface area (Å²) in [5, 5.41) is 2.95. The van der Waals surface area contributed by atoms with Crippen LogP contribution in [0.15, 0.2) is 83.8 Å². The molecule has 1 fully saturated rings. The molecule has 0 spiro atoms. The van der Waals surface area contributed by atoms with Gasteiger partial charge in [0.05, 0.1) is 11.0 Å². The van der Waals surface area contributed by atoms with Crippen molar-refractivity contribution in [1.82, 2.24) is 13.9 Å². The van der Waals surface area contributed by atoms with Crippen molar-refractivity contribution in [2.45, 2.75) is 17.7 Å². The molecule has 2 heterocycles. The Hall–Kier alpha value is -3.56. The highest BCUT2D eigenvalue weighted by molar-refractivity contribution is 7.89. The smallest absolute Gasteiger partial charge is 0.245 e. The first-order valence-corrected chi connectivity index (χ1v) is 12.5. The predicted octanol–water partition coefficient (Wildman–Crippen LogP) is 4.20. The summed E-state index contributed by atoms with van der Waals surface area (Å²) in [6.07, 6.45) is 0.677. The summed E-state index contributed by atoms with van der Waals surface area (Å²) in [7, 11) is -3.95. The molecule has 0 saturated carbocycles. The minimum atomic E-state index is -3.95. The Labute approximate surface area is 196 Å². The van der Waals surface area contributed by atoms with E-state index < -0.39 is 15.8 Å². The number of aromatic nitrogens is 2. The van der Waals surface area contributed by atoms with E-state index >= 15 is 0 Å². The fourth-order valence-corrected chi connectivity index (χ4v) is 5.85. The number of carbonyl (C=O) groups excluding carboxylic acids is 1. The van der Waals surface area contributed by atoms with Gasteiger partial charge in [0.15, 0.2) is 0 Å². The minimum Gasteiger partial charge on any atom is -0.295 e. The first-order chi connectivity index (χ1) is 16.4. The number of sulfonamides is 1. The molecule has 1 amide bonds. The van der Waals surface area contributed by atoms with Crippen molar-refractivity contribution >= 4 is 32.9 Å². The van der Waals surface area contributed by atoms with E-state index in [9.17, 15) is 17.6 Å². The number of benzene rings is 3. The van der Waals surface area contributed by atoms with Crippen molar-refractivity contribution in [3.63, 3.8) is 0 Å². The molecular formula is C25H23FN4O3S. The van der Waals surface area contributed by atoms with Crippen LogP contribution in [0.2, 0.25) is 0 Å². The number of halogens is 1. The Morgan fingerprint density at radius 2 is 1.56 bits per heavy atom. The Morgan fingerprint density at radius 3 is 2.29 bits per heavy atom. The Balaban J connectivity index is 1.34. The Bertz CT molecular complexity index is 1450. The van der Waals surface area contributed by atoms with Crippen LogP contribution in [0.5, 0.6) is 0 Å². The van der Waals surface area contributed by atoms with Crippen LogP contribution < -0.4 is 5.32 Å². The van der Waals surface area contributed by atoms with Crippen LogP contribution in [0.25, 0.3) is 16.7 Å². The number of piperidine rings is 1. The van der Waals surface area contributed by atoms with E-state index in [4.69, 9.17) is 0 Å². The third-order valence-corrected chi connectivity index (χ3v) is 8.02. The first-order valence-electron chi connectivity index (χ1n) is 11.0. The van der Waals surface area contributed by atoms with Gasteiger partial charge in [0.2, 0.25) is 21.9 Å². The molecule has 0 aliphatic carbocycles.